The second-order valence-corrected chi connectivity index (χ2v) is 7.30. The number of nitrogens with one attached hydrogen (secondary N) is 1. The zero-order valence-electron chi connectivity index (χ0n) is 14.2. The largest absolute Gasteiger partial charge is 0.319 e. The van der Waals surface area contributed by atoms with Crippen LogP contribution < -0.4 is 5.32 Å². The van der Waals surface area contributed by atoms with Crippen molar-refractivity contribution in [3.63, 3.8) is 0 Å². The third kappa shape index (κ3) is 3.50. The molecule has 2 heterocycles. The lowest BCUT2D eigenvalue weighted by atomic mass is 10.0. The van der Waals surface area contributed by atoms with Crippen molar-refractivity contribution in [1.29, 1.82) is 0 Å². The molecule has 132 valence electrons. The molecule has 0 fully saturated rings. The van der Waals surface area contributed by atoms with Crippen molar-refractivity contribution in [2.24, 2.45) is 0 Å². The summed E-state index contributed by atoms with van der Waals surface area (Å²) >= 11 is 2.19. The van der Waals surface area contributed by atoms with Crippen molar-refractivity contribution in [3.05, 3.63) is 94.3 Å². The quantitative estimate of drug-likeness (QED) is 0.261. The van der Waals surface area contributed by atoms with Crippen LogP contribution in [0.4, 0.5) is 5.69 Å². The van der Waals surface area contributed by atoms with Crippen molar-refractivity contribution in [1.82, 2.24) is 4.40 Å². The van der Waals surface area contributed by atoms with Crippen LogP contribution >= 0.6 is 22.6 Å². The number of fused-ring (bicyclic) bond motifs is 1. The van der Waals surface area contributed by atoms with Crippen LogP contribution in [0.15, 0.2) is 85.1 Å². The second-order valence-electron chi connectivity index (χ2n) is 6.06. The van der Waals surface area contributed by atoms with E-state index >= 15 is 0 Å². The van der Waals surface area contributed by atoms with Crippen molar-refractivity contribution in [2.45, 2.75) is 0 Å². The third-order valence-electron chi connectivity index (χ3n) is 4.29. The highest BCUT2D eigenvalue weighted by Crippen LogP contribution is 2.28. The molecule has 0 aliphatic heterocycles. The molecule has 0 saturated heterocycles. The molecule has 4 aromatic rings. The topological polar surface area (TPSA) is 50.6 Å². The zero-order chi connectivity index (χ0) is 18.8. The number of benzene rings is 2. The van der Waals surface area contributed by atoms with Gasteiger partial charge in [-0.25, -0.2) is 0 Å². The molecule has 2 aromatic carbocycles. The van der Waals surface area contributed by atoms with Crippen LogP contribution in [0, 0.1) is 3.57 Å². The van der Waals surface area contributed by atoms with Gasteiger partial charge in [-0.3, -0.25) is 9.59 Å². The zero-order valence-corrected chi connectivity index (χ0v) is 16.4. The Morgan fingerprint density at radius 3 is 2.30 bits per heavy atom. The number of halogens is 1. The Kier molecular flexibility index (Phi) is 4.77. The van der Waals surface area contributed by atoms with Crippen LogP contribution in [-0.2, 0) is 4.79 Å². The van der Waals surface area contributed by atoms with Crippen LogP contribution in [0.1, 0.15) is 10.5 Å². The summed E-state index contributed by atoms with van der Waals surface area (Å²) in [5.41, 5.74) is 3.45. The molecule has 1 N–H and O–H groups in total. The highest BCUT2D eigenvalue weighted by Gasteiger charge is 2.24. The van der Waals surface area contributed by atoms with E-state index < -0.39 is 11.7 Å². The average molecular weight is 466 g/mol. The number of anilines is 1. The minimum atomic E-state index is -0.655. The fraction of sp³-hybridized carbons (Fsp3) is 0. The first-order valence-corrected chi connectivity index (χ1v) is 9.48. The van der Waals surface area contributed by atoms with Crippen LogP contribution in [0.3, 0.4) is 0 Å². The summed E-state index contributed by atoms with van der Waals surface area (Å²) in [5, 5.41) is 2.70. The summed E-state index contributed by atoms with van der Waals surface area (Å²) < 4.78 is 2.82. The normalized spacial score (nSPS) is 10.7. The number of rotatable bonds is 4. The van der Waals surface area contributed by atoms with E-state index in [2.05, 4.69) is 27.9 Å². The summed E-state index contributed by atoms with van der Waals surface area (Å²) in [5.74, 6) is -1.23. The van der Waals surface area contributed by atoms with Gasteiger partial charge in [0.25, 0.3) is 11.7 Å². The fourth-order valence-corrected chi connectivity index (χ4v) is 3.38. The predicted octanol–water partition coefficient (Wildman–Crippen LogP) is 5.03. The van der Waals surface area contributed by atoms with E-state index in [4.69, 9.17) is 0 Å². The Balaban J connectivity index is 1.76. The number of pyridine rings is 1. The van der Waals surface area contributed by atoms with Gasteiger partial charge in [-0.2, -0.15) is 0 Å². The lowest BCUT2D eigenvalue weighted by Crippen LogP contribution is -2.24. The Bertz CT molecular complexity index is 1130. The average Bonchev–Trinajstić information content (AvgIpc) is 3.09. The van der Waals surface area contributed by atoms with E-state index in [0.717, 1.165) is 20.2 Å². The molecule has 0 aliphatic rings. The molecule has 4 nitrogen and oxygen atoms in total. The summed E-state index contributed by atoms with van der Waals surface area (Å²) in [6.07, 6.45) is 1.80. The smallest absolute Gasteiger partial charge is 0.298 e. The highest BCUT2D eigenvalue weighted by atomic mass is 127. The van der Waals surface area contributed by atoms with Crippen LogP contribution in [0.5, 0.6) is 0 Å². The van der Waals surface area contributed by atoms with Gasteiger partial charge >= 0.3 is 0 Å². The van der Waals surface area contributed by atoms with Crippen LogP contribution in [0.2, 0.25) is 0 Å². The Hall–Kier alpha value is -2.93. The molecule has 0 aliphatic carbocycles. The fourth-order valence-electron chi connectivity index (χ4n) is 3.02. The summed E-state index contributed by atoms with van der Waals surface area (Å²) in [6.45, 7) is 0. The summed E-state index contributed by atoms with van der Waals surface area (Å²) in [7, 11) is 0. The van der Waals surface area contributed by atoms with Gasteiger partial charge in [0.05, 0.1) is 0 Å². The van der Waals surface area contributed by atoms with Crippen molar-refractivity contribution in [2.75, 3.05) is 5.32 Å². The maximum Gasteiger partial charge on any atom is 0.298 e. The van der Waals surface area contributed by atoms with Gasteiger partial charge < -0.3 is 9.72 Å². The number of aromatic nitrogens is 1. The first-order valence-electron chi connectivity index (χ1n) is 8.40. The van der Waals surface area contributed by atoms with Crippen molar-refractivity contribution < 1.29 is 9.59 Å². The molecule has 2 aromatic heterocycles. The maximum atomic E-state index is 13.1. The van der Waals surface area contributed by atoms with Gasteiger partial charge in [-0.15, -0.1) is 0 Å². The number of amides is 1. The summed E-state index contributed by atoms with van der Waals surface area (Å²) in [6, 6.07) is 24.5. The minimum absolute atomic E-state index is 0.361. The molecule has 0 saturated carbocycles. The van der Waals surface area contributed by atoms with Crippen LogP contribution in [0.25, 0.3) is 16.6 Å². The SMILES string of the molecule is O=C(Nc1ccc(I)cc1)C(=O)c1c(-c2ccccc2)cc2ccccn12. The third-order valence-corrected chi connectivity index (χ3v) is 5.01. The number of carbonyl (C=O) groups is 2. The molecular formula is C22H15IN2O2. The van der Waals surface area contributed by atoms with Gasteiger partial charge in [-0.1, -0.05) is 36.4 Å². The number of carbonyl (C=O) groups excluding carboxylic acids is 2. The number of hydrogen-bond acceptors (Lipinski definition) is 2. The minimum Gasteiger partial charge on any atom is -0.319 e. The predicted molar refractivity (Wildman–Crippen MR) is 115 cm³/mol. The molecule has 0 spiro atoms. The summed E-state index contributed by atoms with van der Waals surface area (Å²) in [4.78, 5) is 25.7. The lowest BCUT2D eigenvalue weighted by Gasteiger charge is -2.08. The van der Waals surface area contributed by atoms with E-state index in [9.17, 15) is 9.59 Å². The number of nitrogens with zero attached hydrogens (tertiary/aromatic N) is 1. The van der Waals surface area contributed by atoms with Gasteiger partial charge in [0, 0.05) is 26.5 Å². The molecular weight excluding hydrogens is 451 g/mol. The second kappa shape index (κ2) is 7.36. The number of ketones is 1. The Morgan fingerprint density at radius 1 is 0.852 bits per heavy atom. The van der Waals surface area contributed by atoms with Crippen molar-refractivity contribution >= 4 is 45.5 Å². The monoisotopic (exact) mass is 466 g/mol. The van der Waals surface area contributed by atoms with Crippen LogP contribution in [-0.4, -0.2) is 16.1 Å². The van der Waals surface area contributed by atoms with Gasteiger partial charge in [0.2, 0.25) is 0 Å². The highest BCUT2D eigenvalue weighted by molar-refractivity contribution is 14.1. The van der Waals surface area contributed by atoms with E-state index in [1.165, 1.54) is 0 Å². The standard InChI is InChI=1S/C22H15IN2O2/c23-16-9-11-17(12-10-16)24-22(27)21(26)20-19(15-6-2-1-3-7-15)14-18-8-4-5-13-25(18)20/h1-14H,(H,24,27). The number of hydrogen-bond donors (Lipinski definition) is 1. The first kappa shape index (κ1) is 17.5. The van der Waals surface area contributed by atoms with E-state index in [1.807, 2.05) is 66.7 Å². The molecule has 0 radical (unpaired) electrons. The molecule has 4 rings (SSSR count). The maximum absolute atomic E-state index is 13.1. The van der Waals surface area contributed by atoms with E-state index in [-0.39, 0.29) is 0 Å². The molecule has 27 heavy (non-hydrogen) atoms. The molecule has 1 amide bonds. The molecule has 0 unspecified atom stereocenters. The van der Waals surface area contributed by atoms with Crippen molar-refractivity contribution in [3.8, 4) is 11.1 Å². The first-order chi connectivity index (χ1) is 13.1. The van der Waals surface area contributed by atoms with E-state index in [0.29, 0.717) is 11.4 Å². The van der Waals surface area contributed by atoms with Gasteiger partial charge in [-0.05, 0) is 70.6 Å². The molecule has 5 heteroatoms. The Labute approximate surface area is 170 Å². The Morgan fingerprint density at radius 2 is 1.56 bits per heavy atom. The van der Waals surface area contributed by atoms with E-state index in [1.54, 1.807) is 22.7 Å². The molecule has 0 atom stereocenters. The molecule has 0 bridgehead atoms. The lowest BCUT2D eigenvalue weighted by molar-refractivity contribution is -0.112. The van der Waals surface area contributed by atoms with Gasteiger partial charge in [0.1, 0.15) is 5.69 Å². The number of Topliss-reactive ketones (excluding diaryl/α,β-unsaturated/α-hetero) is 1. The van der Waals surface area contributed by atoms with Gasteiger partial charge in [0.15, 0.2) is 0 Å².